The summed E-state index contributed by atoms with van der Waals surface area (Å²) in [5.74, 6) is -0.111. The lowest BCUT2D eigenvalue weighted by Crippen LogP contribution is -2.26. The molecule has 3 nitrogen and oxygen atoms in total. The van der Waals surface area contributed by atoms with E-state index in [0.717, 1.165) is 24.3 Å². The summed E-state index contributed by atoms with van der Waals surface area (Å²) in [5.41, 5.74) is 1.72. The molecule has 1 N–H and O–H groups in total. The standard InChI is InChI=1S/C15H23FN2O/c1-3-18(13-5-6-13)15-7-4-12(10-14(15)16)11-17-8-9-19-2/h4,7,10,13,17H,3,5-6,8-9,11H2,1-2H3. The Hall–Kier alpha value is -1.13. The fourth-order valence-corrected chi connectivity index (χ4v) is 2.31. The highest BCUT2D eigenvalue weighted by atomic mass is 19.1. The molecule has 19 heavy (non-hydrogen) atoms. The van der Waals surface area contributed by atoms with Gasteiger partial charge in [-0.3, -0.25) is 0 Å². The summed E-state index contributed by atoms with van der Waals surface area (Å²) in [4.78, 5) is 2.16. The molecule has 2 rings (SSSR count). The second kappa shape index (κ2) is 6.87. The van der Waals surface area contributed by atoms with Crippen molar-refractivity contribution in [2.75, 3.05) is 31.7 Å². The largest absolute Gasteiger partial charge is 0.383 e. The first-order chi connectivity index (χ1) is 9.26. The van der Waals surface area contributed by atoms with Gasteiger partial charge in [-0.1, -0.05) is 6.07 Å². The van der Waals surface area contributed by atoms with Crippen molar-refractivity contribution < 1.29 is 9.13 Å². The Morgan fingerprint density at radius 1 is 1.42 bits per heavy atom. The third kappa shape index (κ3) is 3.91. The summed E-state index contributed by atoms with van der Waals surface area (Å²) in [6, 6.07) is 6.10. The van der Waals surface area contributed by atoms with E-state index in [4.69, 9.17) is 4.74 Å². The van der Waals surface area contributed by atoms with Gasteiger partial charge in [0.2, 0.25) is 0 Å². The lowest BCUT2D eigenvalue weighted by Gasteiger charge is -2.23. The molecule has 0 amide bonds. The molecular weight excluding hydrogens is 243 g/mol. The molecule has 0 bridgehead atoms. The van der Waals surface area contributed by atoms with E-state index in [0.29, 0.717) is 19.2 Å². The number of rotatable bonds is 8. The highest BCUT2D eigenvalue weighted by Crippen LogP contribution is 2.33. The van der Waals surface area contributed by atoms with Gasteiger partial charge in [0.1, 0.15) is 5.82 Å². The van der Waals surface area contributed by atoms with Crippen LogP contribution >= 0.6 is 0 Å². The molecule has 1 aromatic rings. The van der Waals surface area contributed by atoms with Crippen molar-refractivity contribution >= 4 is 5.69 Å². The molecule has 1 aliphatic rings. The number of ether oxygens (including phenoxy) is 1. The van der Waals surface area contributed by atoms with Crippen LogP contribution in [0.4, 0.5) is 10.1 Å². The maximum atomic E-state index is 14.2. The van der Waals surface area contributed by atoms with Crippen molar-refractivity contribution in [2.24, 2.45) is 0 Å². The Kier molecular flexibility index (Phi) is 5.16. The number of hydrogen-bond donors (Lipinski definition) is 1. The van der Waals surface area contributed by atoms with Crippen molar-refractivity contribution in [1.82, 2.24) is 5.32 Å². The van der Waals surface area contributed by atoms with Gasteiger partial charge in [0.05, 0.1) is 12.3 Å². The summed E-state index contributed by atoms with van der Waals surface area (Å²) in [7, 11) is 1.67. The number of anilines is 1. The topological polar surface area (TPSA) is 24.5 Å². The van der Waals surface area contributed by atoms with Crippen LogP contribution in [-0.2, 0) is 11.3 Å². The molecule has 106 valence electrons. The molecule has 0 spiro atoms. The maximum Gasteiger partial charge on any atom is 0.146 e. The number of halogens is 1. The fourth-order valence-electron chi connectivity index (χ4n) is 2.31. The van der Waals surface area contributed by atoms with E-state index in [-0.39, 0.29) is 5.82 Å². The normalized spacial score (nSPS) is 14.7. The third-order valence-electron chi connectivity index (χ3n) is 3.46. The van der Waals surface area contributed by atoms with Crippen LogP contribution in [0.15, 0.2) is 18.2 Å². The second-order valence-electron chi connectivity index (χ2n) is 4.97. The molecule has 0 unspecified atom stereocenters. The molecule has 1 aliphatic carbocycles. The molecule has 1 fully saturated rings. The summed E-state index contributed by atoms with van der Waals surface area (Å²) >= 11 is 0. The molecule has 1 aromatic carbocycles. The van der Waals surface area contributed by atoms with Crippen LogP contribution in [0.25, 0.3) is 0 Å². The van der Waals surface area contributed by atoms with Crippen LogP contribution in [-0.4, -0.2) is 32.8 Å². The van der Waals surface area contributed by atoms with Crippen molar-refractivity contribution in [3.8, 4) is 0 Å². The van der Waals surface area contributed by atoms with Crippen LogP contribution in [0.1, 0.15) is 25.3 Å². The molecule has 0 aliphatic heterocycles. The molecule has 0 saturated heterocycles. The van der Waals surface area contributed by atoms with Crippen LogP contribution < -0.4 is 10.2 Å². The molecule has 0 heterocycles. The van der Waals surface area contributed by atoms with E-state index in [9.17, 15) is 4.39 Å². The van der Waals surface area contributed by atoms with E-state index in [1.807, 2.05) is 12.1 Å². The van der Waals surface area contributed by atoms with Gasteiger partial charge in [0.15, 0.2) is 0 Å². The predicted molar refractivity (Wildman–Crippen MR) is 76.0 cm³/mol. The summed E-state index contributed by atoms with van der Waals surface area (Å²) in [5, 5.41) is 3.22. The number of nitrogens with one attached hydrogen (secondary N) is 1. The van der Waals surface area contributed by atoms with Crippen molar-refractivity contribution in [3.63, 3.8) is 0 Å². The van der Waals surface area contributed by atoms with Gasteiger partial charge in [-0.25, -0.2) is 4.39 Å². The number of benzene rings is 1. The summed E-state index contributed by atoms with van der Waals surface area (Å²) in [6.07, 6.45) is 2.38. The average molecular weight is 266 g/mol. The first-order valence-electron chi connectivity index (χ1n) is 7.01. The van der Waals surface area contributed by atoms with Gasteiger partial charge in [-0.15, -0.1) is 0 Å². The van der Waals surface area contributed by atoms with E-state index in [1.54, 1.807) is 13.2 Å². The molecule has 0 aromatic heterocycles. The van der Waals surface area contributed by atoms with Crippen molar-refractivity contribution in [1.29, 1.82) is 0 Å². The van der Waals surface area contributed by atoms with Gasteiger partial charge in [0.25, 0.3) is 0 Å². The summed E-state index contributed by atoms with van der Waals surface area (Å²) in [6.45, 7) is 5.08. The Morgan fingerprint density at radius 2 is 2.21 bits per heavy atom. The number of nitrogens with zero attached hydrogens (tertiary/aromatic N) is 1. The SMILES string of the molecule is CCN(c1ccc(CNCCOC)cc1F)C1CC1. The van der Waals surface area contributed by atoms with E-state index in [1.165, 1.54) is 12.8 Å². The van der Waals surface area contributed by atoms with Gasteiger partial charge in [-0.2, -0.15) is 0 Å². The van der Waals surface area contributed by atoms with Crippen LogP contribution in [0.5, 0.6) is 0 Å². The van der Waals surface area contributed by atoms with Crippen LogP contribution in [0.3, 0.4) is 0 Å². The van der Waals surface area contributed by atoms with Gasteiger partial charge >= 0.3 is 0 Å². The number of methoxy groups -OCH3 is 1. The summed E-state index contributed by atoms with van der Waals surface area (Å²) < 4.78 is 19.1. The van der Waals surface area contributed by atoms with E-state index in [2.05, 4.69) is 17.1 Å². The second-order valence-corrected chi connectivity index (χ2v) is 4.97. The highest BCUT2D eigenvalue weighted by Gasteiger charge is 2.29. The van der Waals surface area contributed by atoms with Crippen LogP contribution in [0, 0.1) is 5.82 Å². The third-order valence-corrected chi connectivity index (χ3v) is 3.46. The number of hydrogen-bond acceptors (Lipinski definition) is 3. The molecule has 0 atom stereocenters. The minimum absolute atomic E-state index is 0.111. The zero-order valence-electron chi connectivity index (χ0n) is 11.8. The lowest BCUT2D eigenvalue weighted by atomic mass is 10.1. The van der Waals surface area contributed by atoms with Crippen LogP contribution in [0.2, 0.25) is 0 Å². The van der Waals surface area contributed by atoms with Crippen molar-refractivity contribution in [2.45, 2.75) is 32.4 Å². The average Bonchev–Trinajstić information content (AvgIpc) is 3.22. The predicted octanol–water partition coefficient (Wildman–Crippen LogP) is 2.55. The van der Waals surface area contributed by atoms with Crippen molar-refractivity contribution in [3.05, 3.63) is 29.6 Å². The van der Waals surface area contributed by atoms with Gasteiger partial charge < -0.3 is 15.0 Å². The Balaban J connectivity index is 1.96. The maximum absolute atomic E-state index is 14.2. The van der Waals surface area contributed by atoms with E-state index < -0.39 is 0 Å². The van der Waals surface area contributed by atoms with Gasteiger partial charge in [0, 0.05) is 32.8 Å². The first-order valence-corrected chi connectivity index (χ1v) is 7.01. The fraction of sp³-hybridized carbons (Fsp3) is 0.600. The Bertz CT molecular complexity index is 407. The zero-order chi connectivity index (χ0) is 13.7. The minimum atomic E-state index is -0.111. The molecule has 1 saturated carbocycles. The van der Waals surface area contributed by atoms with E-state index >= 15 is 0 Å². The molecule has 0 radical (unpaired) electrons. The smallest absolute Gasteiger partial charge is 0.146 e. The first kappa shape index (κ1) is 14.3. The molecule has 4 heteroatoms. The Morgan fingerprint density at radius 3 is 2.79 bits per heavy atom. The monoisotopic (exact) mass is 266 g/mol. The highest BCUT2D eigenvalue weighted by molar-refractivity contribution is 5.51. The minimum Gasteiger partial charge on any atom is -0.383 e. The molecular formula is C15H23FN2O. The lowest BCUT2D eigenvalue weighted by molar-refractivity contribution is 0.199. The zero-order valence-corrected chi connectivity index (χ0v) is 11.8. The quantitative estimate of drug-likeness (QED) is 0.732. The van der Waals surface area contributed by atoms with Gasteiger partial charge in [-0.05, 0) is 37.5 Å². The Labute approximate surface area is 114 Å².